The van der Waals surface area contributed by atoms with Gasteiger partial charge in [0.1, 0.15) is 0 Å². The molecule has 1 aromatic carbocycles. The van der Waals surface area contributed by atoms with E-state index in [1.54, 1.807) is 6.21 Å². The fourth-order valence-electron chi connectivity index (χ4n) is 6.11. The number of hydrogen-bond donors (Lipinski definition) is 0. The second kappa shape index (κ2) is 6.27. The first kappa shape index (κ1) is 18.3. The van der Waals surface area contributed by atoms with Crippen LogP contribution < -0.4 is 0 Å². The highest BCUT2D eigenvalue weighted by molar-refractivity contribution is 9.10. The van der Waals surface area contributed by atoms with Crippen molar-refractivity contribution in [2.24, 2.45) is 40.6 Å². The number of nitrogens with zero attached hydrogens (tertiary/aromatic N) is 3. The molecular formula is C24H22BrN3O2. The molecule has 1 aromatic heterocycles. The minimum atomic E-state index is -0.206. The first-order valence-electron chi connectivity index (χ1n) is 10.5. The van der Waals surface area contributed by atoms with Crippen molar-refractivity contribution in [1.29, 1.82) is 0 Å². The van der Waals surface area contributed by atoms with Gasteiger partial charge in [-0.2, -0.15) is 10.1 Å². The van der Waals surface area contributed by atoms with Crippen molar-refractivity contribution in [2.45, 2.75) is 20.3 Å². The molecule has 0 N–H and O–H groups in total. The number of hydrazone groups is 1. The molecule has 2 amide bonds. The smallest absolute Gasteiger partial charge is 0.254 e. The van der Waals surface area contributed by atoms with Crippen molar-refractivity contribution in [2.75, 3.05) is 0 Å². The monoisotopic (exact) mass is 463 g/mol. The minimum Gasteiger partial charge on any atom is -0.318 e. The SMILES string of the molecule is Cc1cc(/C=N\N2C(=O)[C@@H]3[C@H]4C=C[C@@H]([C@@H]5C[C@H]45)[C@@H]3C2=O)c(C)n1-c1cccc(Br)c1. The highest BCUT2D eigenvalue weighted by Crippen LogP contribution is 2.65. The van der Waals surface area contributed by atoms with E-state index in [0.717, 1.165) is 32.1 Å². The predicted molar refractivity (Wildman–Crippen MR) is 117 cm³/mol. The number of allylic oxidation sites excluding steroid dienone is 2. The number of aromatic nitrogens is 1. The van der Waals surface area contributed by atoms with Crippen molar-refractivity contribution in [1.82, 2.24) is 9.58 Å². The summed E-state index contributed by atoms with van der Waals surface area (Å²) in [4.78, 5) is 26.2. The molecular weight excluding hydrogens is 442 g/mol. The summed E-state index contributed by atoms with van der Waals surface area (Å²) < 4.78 is 3.16. The molecule has 2 bridgehead atoms. The molecule has 1 saturated heterocycles. The molecule has 7 rings (SSSR count). The molecule has 5 nitrogen and oxygen atoms in total. The minimum absolute atomic E-state index is 0.119. The Morgan fingerprint density at radius 3 is 2.33 bits per heavy atom. The maximum Gasteiger partial charge on any atom is 0.254 e. The van der Waals surface area contributed by atoms with Crippen molar-refractivity contribution in [3.63, 3.8) is 0 Å². The van der Waals surface area contributed by atoms with Crippen LogP contribution in [-0.2, 0) is 9.59 Å². The highest BCUT2D eigenvalue weighted by Gasteiger charge is 2.67. The van der Waals surface area contributed by atoms with Gasteiger partial charge in [-0.25, -0.2) is 0 Å². The van der Waals surface area contributed by atoms with Crippen molar-refractivity contribution in [3.05, 3.63) is 63.9 Å². The number of amides is 2. The Labute approximate surface area is 183 Å². The molecule has 30 heavy (non-hydrogen) atoms. The average Bonchev–Trinajstić information content (AvgIpc) is 3.45. The lowest BCUT2D eigenvalue weighted by molar-refractivity contribution is -0.140. The maximum atomic E-state index is 13.1. The van der Waals surface area contributed by atoms with E-state index in [1.165, 1.54) is 6.42 Å². The first-order valence-corrected chi connectivity index (χ1v) is 11.3. The van der Waals surface area contributed by atoms with E-state index < -0.39 is 0 Å². The molecule has 1 aliphatic heterocycles. The van der Waals surface area contributed by atoms with Gasteiger partial charge in [-0.15, -0.1) is 0 Å². The number of rotatable bonds is 3. The van der Waals surface area contributed by atoms with E-state index >= 15 is 0 Å². The fraction of sp³-hybridized carbons (Fsp3) is 0.375. The van der Waals surface area contributed by atoms with Crippen LogP contribution in [0.3, 0.4) is 0 Å². The molecule has 2 heterocycles. The van der Waals surface area contributed by atoms with Crippen LogP contribution in [0.25, 0.3) is 5.69 Å². The van der Waals surface area contributed by atoms with Gasteiger partial charge in [0, 0.05) is 27.1 Å². The summed E-state index contributed by atoms with van der Waals surface area (Å²) in [6.07, 6.45) is 7.20. The number of aryl methyl sites for hydroxylation is 1. The third kappa shape index (κ3) is 2.43. The van der Waals surface area contributed by atoms with Crippen LogP contribution in [0.2, 0.25) is 0 Å². The zero-order chi connectivity index (χ0) is 20.7. The van der Waals surface area contributed by atoms with Crippen molar-refractivity contribution < 1.29 is 9.59 Å². The molecule has 5 aliphatic rings. The van der Waals surface area contributed by atoms with Crippen LogP contribution in [0.1, 0.15) is 23.4 Å². The number of imide groups is 1. The average molecular weight is 464 g/mol. The normalized spacial score (nSPS) is 33.5. The summed E-state index contributed by atoms with van der Waals surface area (Å²) in [5, 5.41) is 5.55. The topological polar surface area (TPSA) is 54.7 Å². The predicted octanol–water partition coefficient (Wildman–Crippen LogP) is 4.24. The summed E-state index contributed by atoms with van der Waals surface area (Å²) >= 11 is 3.53. The molecule has 4 aliphatic carbocycles. The molecule has 2 aromatic rings. The summed E-state index contributed by atoms with van der Waals surface area (Å²) in [5.41, 5.74) is 4.06. The summed E-state index contributed by atoms with van der Waals surface area (Å²) in [7, 11) is 0. The molecule has 2 saturated carbocycles. The Balaban J connectivity index is 1.31. The zero-order valence-electron chi connectivity index (χ0n) is 16.8. The molecule has 0 spiro atoms. The number of halogens is 1. The number of hydrogen-bond acceptors (Lipinski definition) is 3. The number of carbonyl (C=O) groups is 2. The van der Waals surface area contributed by atoms with Gasteiger partial charge in [-0.1, -0.05) is 34.1 Å². The van der Waals surface area contributed by atoms with Gasteiger partial charge in [-0.3, -0.25) is 9.59 Å². The van der Waals surface area contributed by atoms with Crippen LogP contribution in [-0.4, -0.2) is 27.6 Å². The molecule has 3 fully saturated rings. The van der Waals surface area contributed by atoms with Gasteiger partial charge in [-0.05, 0) is 68.2 Å². The number of benzene rings is 1. The van der Waals surface area contributed by atoms with Gasteiger partial charge in [0.05, 0.1) is 18.1 Å². The standard InChI is InChI=1S/C24H22BrN3O2/c1-12-8-14(13(2)27(12)16-5-3-4-15(25)9-16)11-26-28-23(29)21-17-6-7-18(20-10-19(17)20)22(21)24(28)30/h3-9,11,17-22H,10H2,1-2H3/b26-11-/t17-,18-,19-,20+,21-,22+/m0/s1. The van der Waals surface area contributed by atoms with Crippen molar-refractivity contribution in [3.8, 4) is 5.69 Å². The van der Waals surface area contributed by atoms with Gasteiger partial charge in [0.25, 0.3) is 11.8 Å². The number of carbonyl (C=O) groups excluding carboxylic acids is 2. The Morgan fingerprint density at radius 1 is 1.03 bits per heavy atom. The fourth-order valence-corrected chi connectivity index (χ4v) is 6.49. The van der Waals surface area contributed by atoms with E-state index in [0.29, 0.717) is 11.8 Å². The Morgan fingerprint density at radius 2 is 1.70 bits per heavy atom. The zero-order valence-corrected chi connectivity index (χ0v) is 18.4. The molecule has 0 radical (unpaired) electrons. The van der Waals surface area contributed by atoms with E-state index in [9.17, 15) is 9.59 Å². The third-order valence-corrected chi connectivity index (χ3v) is 7.98. The second-order valence-corrected chi connectivity index (χ2v) is 9.94. The summed E-state index contributed by atoms with van der Waals surface area (Å²) in [6.45, 7) is 4.07. The molecule has 152 valence electrons. The van der Waals surface area contributed by atoms with E-state index in [-0.39, 0.29) is 35.5 Å². The summed E-state index contributed by atoms with van der Waals surface area (Å²) in [6, 6.07) is 10.2. The highest BCUT2D eigenvalue weighted by atomic mass is 79.9. The van der Waals surface area contributed by atoms with E-state index in [4.69, 9.17) is 0 Å². The second-order valence-electron chi connectivity index (χ2n) is 9.03. The lowest BCUT2D eigenvalue weighted by Crippen LogP contribution is -2.40. The molecule has 6 heteroatoms. The Bertz CT molecular complexity index is 1130. The van der Waals surface area contributed by atoms with Gasteiger partial charge < -0.3 is 4.57 Å². The van der Waals surface area contributed by atoms with Crippen LogP contribution in [0.4, 0.5) is 0 Å². The maximum absolute atomic E-state index is 13.1. The molecule has 0 unspecified atom stereocenters. The van der Waals surface area contributed by atoms with E-state index in [2.05, 4.69) is 49.9 Å². The van der Waals surface area contributed by atoms with Gasteiger partial charge >= 0.3 is 0 Å². The van der Waals surface area contributed by atoms with Crippen LogP contribution in [0, 0.1) is 49.4 Å². The van der Waals surface area contributed by atoms with E-state index in [1.807, 2.05) is 32.0 Å². The molecule has 6 atom stereocenters. The lowest BCUT2D eigenvalue weighted by atomic mass is 9.63. The third-order valence-electron chi connectivity index (χ3n) is 7.49. The van der Waals surface area contributed by atoms with Gasteiger partial charge in [0.15, 0.2) is 0 Å². The van der Waals surface area contributed by atoms with Crippen LogP contribution >= 0.6 is 15.9 Å². The first-order chi connectivity index (χ1) is 14.5. The largest absolute Gasteiger partial charge is 0.318 e. The Kier molecular flexibility index (Phi) is 3.82. The van der Waals surface area contributed by atoms with Crippen LogP contribution in [0.15, 0.2) is 52.1 Å². The van der Waals surface area contributed by atoms with Gasteiger partial charge in [0.2, 0.25) is 0 Å². The van der Waals surface area contributed by atoms with Crippen molar-refractivity contribution >= 4 is 34.0 Å². The summed E-state index contributed by atoms with van der Waals surface area (Å²) in [5.74, 6) is 1.01. The van der Waals surface area contributed by atoms with Crippen LogP contribution in [0.5, 0.6) is 0 Å². The Hall–Kier alpha value is -2.47. The lowest BCUT2D eigenvalue weighted by Gasteiger charge is -2.37. The quantitative estimate of drug-likeness (QED) is 0.388.